The fraction of sp³-hybridized carbons (Fsp3) is 0.231. The van der Waals surface area contributed by atoms with Crippen LogP contribution in [-0.4, -0.2) is 15.6 Å². The minimum Gasteiger partial charge on any atom is -0.294 e. The second-order valence-corrected chi connectivity index (χ2v) is 4.21. The maximum Gasteiger partial charge on any atom is 0.434 e. The summed E-state index contributed by atoms with van der Waals surface area (Å²) >= 11 is 0. The Bertz CT molecular complexity index is 629. The standard InChI is InChI=1S/C13H11F3N2O/c1-8-4-3-5-10(6-8)18-12(13(14,15)16)11(7-17-18)9(2)19/h3-7H,1-2H3. The fourth-order valence-corrected chi connectivity index (χ4v) is 1.83. The van der Waals surface area contributed by atoms with Gasteiger partial charge in [-0.3, -0.25) is 4.79 Å². The molecule has 1 aromatic carbocycles. The maximum absolute atomic E-state index is 13.1. The molecule has 0 saturated carbocycles. The van der Waals surface area contributed by atoms with Crippen LogP contribution < -0.4 is 0 Å². The molecule has 0 atom stereocenters. The summed E-state index contributed by atoms with van der Waals surface area (Å²) in [5, 5.41) is 3.69. The molecule has 100 valence electrons. The van der Waals surface area contributed by atoms with E-state index in [0.29, 0.717) is 0 Å². The van der Waals surface area contributed by atoms with Crippen LogP contribution in [0, 0.1) is 6.92 Å². The van der Waals surface area contributed by atoms with E-state index in [4.69, 9.17) is 0 Å². The summed E-state index contributed by atoms with van der Waals surface area (Å²) in [7, 11) is 0. The third-order valence-corrected chi connectivity index (χ3v) is 2.66. The molecule has 0 bridgehead atoms. The first-order valence-electron chi connectivity index (χ1n) is 5.54. The van der Waals surface area contributed by atoms with Gasteiger partial charge in [-0.1, -0.05) is 12.1 Å². The average molecular weight is 268 g/mol. The van der Waals surface area contributed by atoms with Crippen LogP contribution in [0.2, 0.25) is 0 Å². The van der Waals surface area contributed by atoms with Crippen molar-refractivity contribution < 1.29 is 18.0 Å². The Balaban J connectivity index is 2.68. The molecular weight excluding hydrogens is 257 g/mol. The number of benzene rings is 1. The number of ketones is 1. The summed E-state index contributed by atoms with van der Waals surface area (Å²) in [5.41, 5.74) is -0.370. The molecular formula is C13H11F3N2O. The number of rotatable bonds is 2. The van der Waals surface area contributed by atoms with Crippen LogP contribution in [0.5, 0.6) is 0 Å². The van der Waals surface area contributed by atoms with Gasteiger partial charge < -0.3 is 0 Å². The van der Waals surface area contributed by atoms with Crippen LogP contribution >= 0.6 is 0 Å². The molecule has 0 fully saturated rings. The van der Waals surface area contributed by atoms with Crippen molar-refractivity contribution in [2.45, 2.75) is 20.0 Å². The molecule has 0 spiro atoms. The predicted molar refractivity (Wildman–Crippen MR) is 63.3 cm³/mol. The molecule has 0 N–H and O–H groups in total. The third kappa shape index (κ3) is 2.52. The van der Waals surface area contributed by atoms with E-state index < -0.39 is 23.2 Å². The van der Waals surface area contributed by atoms with Gasteiger partial charge in [0.25, 0.3) is 0 Å². The zero-order valence-electron chi connectivity index (χ0n) is 10.3. The largest absolute Gasteiger partial charge is 0.434 e. The first-order valence-corrected chi connectivity index (χ1v) is 5.54. The van der Waals surface area contributed by atoms with E-state index in [2.05, 4.69) is 5.10 Å². The predicted octanol–water partition coefficient (Wildman–Crippen LogP) is 3.40. The first-order chi connectivity index (χ1) is 8.80. The Hall–Kier alpha value is -2.11. The highest BCUT2D eigenvalue weighted by Gasteiger charge is 2.39. The molecule has 0 saturated heterocycles. The van der Waals surface area contributed by atoms with Gasteiger partial charge in [-0.15, -0.1) is 0 Å². The first kappa shape index (κ1) is 13.3. The molecule has 1 aromatic heterocycles. The lowest BCUT2D eigenvalue weighted by Gasteiger charge is -2.12. The molecule has 0 aliphatic carbocycles. The van der Waals surface area contributed by atoms with E-state index in [1.807, 2.05) is 0 Å². The topological polar surface area (TPSA) is 34.9 Å². The summed E-state index contributed by atoms with van der Waals surface area (Å²) in [6, 6.07) is 6.50. The molecule has 3 nitrogen and oxygen atoms in total. The molecule has 0 radical (unpaired) electrons. The lowest BCUT2D eigenvalue weighted by Crippen LogP contribution is -2.16. The van der Waals surface area contributed by atoms with E-state index in [9.17, 15) is 18.0 Å². The molecule has 6 heteroatoms. The quantitative estimate of drug-likeness (QED) is 0.782. The summed E-state index contributed by atoms with van der Waals surface area (Å²) < 4.78 is 40.0. The molecule has 0 unspecified atom stereocenters. The van der Waals surface area contributed by atoms with E-state index in [0.717, 1.165) is 23.4 Å². The van der Waals surface area contributed by atoms with Crippen molar-refractivity contribution in [3.05, 3.63) is 47.3 Å². The summed E-state index contributed by atoms with van der Waals surface area (Å²) in [6.45, 7) is 2.86. The number of carbonyl (C=O) groups is 1. The Labute approximate surface area is 107 Å². The van der Waals surface area contributed by atoms with Crippen molar-refractivity contribution >= 4 is 5.78 Å². The molecule has 2 aromatic rings. The van der Waals surface area contributed by atoms with Crippen molar-refractivity contribution in [2.75, 3.05) is 0 Å². The molecule has 1 heterocycles. The number of carbonyl (C=O) groups excluding carboxylic acids is 1. The van der Waals surface area contributed by atoms with Gasteiger partial charge in [-0.25, -0.2) is 4.68 Å². The monoisotopic (exact) mass is 268 g/mol. The highest BCUT2D eigenvalue weighted by atomic mass is 19.4. The number of nitrogens with zero attached hydrogens (tertiary/aromatic N) is 2. The number of alkyl halides is 3. The van der Waals surface area contributed by atoms with E-state index in [-0.39, 0.29) is 5.69 Å². The SMILES string of the molecule is CC(=O)c1cnn(-c2cccc(C)c2)c1C(F)(F)F. The van der Waals surface area contributed by atoms with Gasteiger partial charge in [0.2, 0.25) is 0 Å². The summed E-state index contributed by atoms with van der Waals surface area (Å²) in [4.78, 5) is 11.3. The van der Waals surface area contributed by atoms with Crippen LogP contribution in [0.25, 0.3) is 5.69 Å². The second kappa shape index (κ2) is 4.53. The number of aromatic nitrogens is 2. The van der Waals surface area contributed by atoms with Crippen LogP contribution in [-0.2, 0) is 6.18 Å². The van der Waals surface area contributed by atoms with Gasteiger partial charge in [-0.05, 0) is 31.5 Å². The van der Waals surface area contributed by atoms with Gasteiger partial charge in [0.05, 0.1) is 17.4 Å². The molecule has 0 aliphatic heterocycles. The van der Waals surface area contributed by atoms with Crippen LogP contribution in [0.3, 0.4) is 0 Å². The zero-order chi connectivity index (χ0) is 14.2. The number of hydrogen-bond donors (Lipinski definition) is 0. The number of Topliss-reactive ketones (excluding diaryl/α,β-unsaturated/α-hetero) is 1. The van der Waals surface area contributed by atoms with Gasteiger partial charge >= 0.3 is 6.18 Å². The smallest absolute Gasteiger partial charge is 0.294 e. The van der Waals surface area contributed by atoms with Crippen molar-refractivity contribution in [1.82, 2.24) is 9.78 Å². The summed E-state index contributed by atoms with van der Waals surface area (Å²) in [6.07, 6.45) is -3.69. The van der Waals surface area contributed by atoms with Crippen LogP contribution in [0.1, 0.15) is 28.5 Å². The fourth-order valence-electron chi connectivity index (χ4n) is 1.83. The van der Waals surface area contributed by atoms with E-state index in [1.54, 1.807) is 25.1 Å². The minimum atomic E-state index is -4.64. The normalized spacial score (nSPS) is 11.6. The van der Waals surface area contributed by atoms with Crippen LogP contribution in [0.4, 0.5) is 13.2 Å². The molecule has 0 aliphatic rings. The van der Waals surface area contributed by atoms with Gasteiger partial charge in [-0.2, -0.15) is 18.3 Å². The lowest BCUT2D eigenvalue weighted by atomic mass is 10.1. The van der Waals surface area contributed by atoms with Crippen molar-refractivity contribution in [3.63, 3.8) is 0 Å². The number of hydrogen-bond acceptors (Lipinski definition) is 2. The lowest BCUT2D eigenvalue weighted by molar-refractivity contribution is -0.143. The Morgan fingerprint density at radius 1 is 1.32 bits per heavy atom. The summed E-state index contributed by atoms with van der Waals surface area (Å²) in [5.74, 6) is -0.661. The van der Waals surface area contributed by atoms with Gasteiger partial charge in [0, 0.05) is 0 Å². The van der Waals surface area contributed by atoms with Gasteiger partial charge in [0.15, 0.2) is 11.5 Å². The molecule has 2 rings (SSSR count). The Kier molecular flexibility index (Phi) is 3.18. The molecule has 19 heavy (non-hydrogen) atoms. The Morgan fingerprint density at radius 3 is 2.53 bits per heavy atom. The Morgan fingerprint density at radius 2 is 2.00 bits per heavy atom. The highest BCUT2D eigenvalue weighted by molar-refractivity contribution is 5.95. The van der Waals surface area contributed by atoms with Crippen molar-refractivity contribution in [1.29, 1.82) is 0 Å². The zero-order valence-corrected chi connectivity index (χ0v) is 10.3. The van der Waals surface area contributed by atoms with Crippen molar-refractivity contribution in [2.24, 2.45) is 0 Å². The molecule has 0 amide bonds. The average Bonchev–Trinajstić information content (AvgIpc) is 2.73. The number of halogens is 3. The van der Waals surface area contributed by atoms with E-state index in [1.165, 1.54) is 6.07 Å². The van der Waals surface area contributed by atoms with Crippen molar-refractivity contribution in [3.8, 4) is 5.69 Å². The maximum atomic E-state index is 13.1. The highest BCUT2D eigenvalue weighted by Crippen LogP contribution is 2.33. The second-order valence-electron chi connectivity index (χ2n) is 4.21. The number of aryl methyl sites for hydroxylation is 1. The van der Waals surface area contributed by atoms with Crippen LogP contribution in [0.15, 0.2) is 30.5 Å². The third-order valence-electron chi connectivity index (χ3n) is 2.66. The minimum absolute atomic E-state index is 0.278. The van der Waals surface area contributed by atoms with E-state index >= 15 is 0 Å². The van der Waals surface area contributed by atoms with Gasteiger partial charge in [0.1, 0.15) is 0 Å².